The highest BCUT2D eigenvalue weighted by Crippen LogP contribution is 2.38. The zero-order valence-electron chi connectivity index (χ0n) is 13.9. The molecule has 0 aliphatic rings. The van der Waals surface area contributed by atoms with Crippen molar-refractivity contribution in [3.05, 3.63) is 65.5 Å². The molecule has 0 atom stereocenters. The number of phenolic OH excluding ortho intramolecular Hbond substituents is 1. The van der Waals surface area contributed by atoms with Crippen molar-refractivity contribution in [2.75, 3.05) is 0 Å². The summed E-state index contributed by atoms with van der Waals surface area (Å²) in [5.41, 5.74) is 5.92. The second-order valence-corrected chi connectivity index (χ2v) is 6.06. The SMILES string of the molecule is Cc1n[nH]c(C)c1-c1c(C=O)c2ccccc2n1-c1ccc(O)cc1. The fraction of sp³-hybridized carbons (Fsp3) is 0.100. The molecule has 4 rings (SSSR count). The van der Waals surface area contributed by atoms with Gasteiger partial charge in [0.05, 0.1) is 16.9 Å². The van der Waals surface area contributed by atoms with E-state index in [9.17, 15) is 9.90 Å². The molecule has 0 bridgehead atoms. The summed E-state index contributed by atoms with van der Waals surface area (Å²) < 4.78 is 2.04. The third-order valence-corrected chi connectivity index (χ3v) is 4.50. The number of aldehydes is 1. The quantitative estimate of drug-likeness (QED) is 0.554. The zero-order chi connectivity index (χ0) is 17.6. The van der Waals surface area contributed by atoms with Crippen molar-refractivity contribution in [1.29, 1.82) is 0 Å². The lowest BCUT2D eigenvalue weighted by Crippen LogP contribution is -1.99. The lowest BCUT2D eigenvalue weighted by Gasteiger charge is -2.12. The van der Waals surface area contributed by atoms with E-state index in [1.165, 1.54) is 0 Å². The second kappa shape index (κ2) is 5.63. The van der Waals surface area contributed by atoms with Crippen molar-refractivity contribution in [3.8, 4) is 22.7 Å². The minimum atomic E-state index is 0.202. The molecule has 0 spiro atoms. The number of carbonyl (C=O) groups excluding carboxylic acids is 1. The average molecular weight is 331 g/mol. The highest BCUT2D eigenvalue weighted by molar-refractivity contribution is 6.06. The number of para-hydroxylation sites is 1. The van der Waals surface area contributed by atoms with Crippen LogP contribution in [-0.4, -0.2) is 26.2 Å². The van der Waals surface area contributed by atoms with Gasteiger partial charge in [-0.25, -0.2) is 0 Å². The Morgan fingerprint density at radius 3 is 2.44 bits per heavy atom. The smallest absolute Gasteiger partial charge is 0.152 e. The van der Waals surface area contributed by atoms with Gasteiger partial charge in [0.25, 0.3) is 0 Å². The second-order valence-electron chi connectivity index (χ2n) is 6.06. The Morgan fingerprint density at radius 1 is 1.08 bits per heavy atom. The van der Waals surface area contributed by atoms with Crippen LogP contribution >= 0.6 is 0 Å². The summed E-state index contributed by atoms with van der Waals surface area (Å²) >= 11 is 0. The fourth-order valence-corrected chi connectivity index (χ4v) is 3.40. The number of hydrogen-bond donors (Lipinski definition) is 2. The van der Waals surface area contributed by atoms with Gasteiger partial charge in [-0.1, -0.05) is 18.2 Å². The Labute approximate surface area is 144 Å². The summed E-state index contributed by atoms with van der Waals surface area (Å²) in [6.45, 7) is 3.87. The van der Waals surface area contributed by atoms with Gasteiger partial charge in [0.1, 0.15) is 5.75 Å². The number of aromatic hydroxyl groups is 1. The van der Waals surface area contributed by atoms with E-state index in [1.807, 2.05) is 54.8 Å². The molecule has 2 heterocycles. The number of rotatable bonds is 3. The van der Waals surface area contributed by atoms with Gasteiger partial charge >= 0.3 is 0 Å². The van der Waals surface area contributed by atoms with Crippen LogP contribution in [0, 0.1) is 13.8 Å². The molecule has 0 aliphatic carbocycles. The molecule has 5 heteroatoms. The maximum Gasteiger partial charge on any atom is 0.152 e. The lowest BCUT2D eigenvalue weighted by molar-refractivity contribution is 0.112. The lowest BCUT2D eigenvalue weighted by atomic mass is 10.0. The van der Waals surface area contributed by atoms with E-state index in [2.05, 4.69) is 10.2 Å². The molecular formula is C20H17N3O2. The number of H-pyrrole nitrogens is 1. The highest BCUT2D eigenvalue weighted by atomic mass is 16.3. The van der Waals surface area contributed by atoms with Crippen LogP contribution in [0.25, 0.3) is 27.8 Å². The van der Waals surface area contributed by atoms with E-state index >= 15 is 0 Å². The van der Waals surface area contributed by atoms with Crippen LogP contribution in [0.3, 0.4) is 0 Å². The van der Waals surface area contributed by atoms with Crippen molar-refractivity contribution in [1.82, 2.24) is 14.8 Å². The number of carbonyl (C=O) groups is 1. The van der Waals surface area contributed by atoms with E-state index < -0.39 is 0 Å². The summed E-state index contributed by atoms with van der Waals surface area (Å²) in [5, 5.41) is 17.8. The van der Waals surface area contributed by atoms with Gasteiger partial charge in [0.2, 0.25) is 0 Å². The van der Waals surface area contributed by atoms with Crippen LogP contribution < -0.4 is 0 Å². The van der Waals surface area contributed by atoms with Gasteiger partial charge in [-0.3, -0.25) is 9.89 Å². The molecule has 2 N–H and O–H groups in total. The molecule has 0 unspecified atom stereocenters. The normalized spacial score (nSPS) is 11.1. The van der Waals surface area contributed by atoms with E-state index in [0.29, 0.717) is 5.56 Å². The van der Waals surface area contributed by atoms with Gasteiger partial charge in [-0.2, -0.15) is 5.10 Å². The van der Waals surface area contributed by atoms with Gasteiger partial charge < -0.3 is 9.67 Å². The van der Waals surface area contributed by atoms with Crippen molar-refractivity contribution in [2.45, 2.75) is 13.8 Å². The predicted octanol–water partition coefficient (Wildman–Crippen LogP) is 4.16. The fourth-order valence-electron chi connectivity index (χ4n) is 3.40. The van der Waals surface area contributed by atoms with Crippen molar-refractivity contribution in [2.24, 2.45) is 0 Å². The molecule has 124 valence electrons. The maximum absolute atomic E-state index is 12.0. The van der Waals surface area contributed by atoms with Crippen LogP contribution in [0.15, 0.2) is 48.5 Å². The Morgan fingerprint density at radius 2 is 1.80 bits per heavy atom. The summed E-state index contributed by atoms with van der Waals surface area (Å²) in [7, 11) is 0. The van der Waals surface area contributed by atoms with Crippen LogP contribution in [0.5, 0.6) is 5.75 Å². The van der Waals surface area contributed by atoms with E-state index in [4.69, 9.17) is 0 Å². The third-order valence-electron chi connectivity index (χ3n) is 4.50. The molecule has 0 fully saturated rings. The predicted molar refractivity (Wildman–Crippen MR) is 97.4 cm³/mol. The Kier molecular flexibility index (Phi) is 3.42. The minimum absolute atomic E-state index is 0.202. The van der Waals surface area contributed by atoms with E-state index in [0.717, 1.165) is 45.5 Å². The molecule has 5 nitrogen and oxygen atoms in total. The monoisotopic (exact) mass is 331 g/mol. The van der Waals surface area contributed by atoms with Crippen LogP contribution in [0.2, 0.25) is 0 Å². The molecule has 0 amide bonds. The first-order chi connectivity index (χ1) is 12.1. The molecule has 2 aromatic heterocycles. The molecule has 0 saturated carbocycles. The van der Waals surface area contributed by atoms with E-state index in [1.54, 1.807) is 12.1 Å². The molecular weight excluding hydrogens is 314 g/mol. The van der Waals surface area contributed by atoms with Crippen LogP contribution in [0.1, 0.15) is 21.7 Å². The van der Waals surface area contributed by atoms with Crippen LogP contribution in [0.4, 0.5) is 0 Å². The number of phenols is 1. The van der Waals surface area contributed by atoms with Crippen molar-refractivity contribution < 1.29 is 9.90 Å². The van der Waals surface area contributed by atoms with Gasteiger partial charge in [0, 0.05) is 27.9 Å². The first kappa shape index (κ1) is 15.2. The van der Waals surface area contributed by atoms with Crippen LogP contribution in [-0.2, 0) is 0 Å². The highest BCUT2D eigenvalue weighted by Gasteiger charge is 2.23. The molecule has 0 saturated heterocycles. The number of benzene rings is 2. The molecule has 4 aromatic rings. The zero-order valence-corrected chi connectivity index (χ0v) is 13.9. The Bertz CT molecular complexity index is 1070. The number of nitrogens with one attached hydrogen (secondary N) is 1. The number of aromatic nitrogens is 3. The van der Waals surface area contributed by atoms with Crippen molar-refractivity contribution in [3.63, 3.8) is 0 Å². The number of hydrogen-bond acceptors (Lipinski definition) is 3. The number of aryl methyl sites for hydroxylation is 2. The minimum Gasteiger partial charge on any atom is -0.508 e. The largest absolute Gasteiger partial charge is 0.508 e. The first-order valence-electron chi connectivity index (χ1n) is 8.01. The Hall–Kier alpha value is -3.34. The van der Waals surface area contributed by atoms with Gasteiger partial charge in [-0.05, 0) is 44.2 Å². The van der Waals surface area contributed by atoms with Gasteiger partial charge in [-0.15, -0.1) is 0 Å². The number of nitrogens with zero attached hydrogens (tertiary/aromatic N) is 2. The van der Waals surface area contributed by atoms with Crippen molar-refractivity contribution >= 4 is 17.2 Å². The first-order valence-corrected chi connectivity index (χ1v) is 8.01. The summed E-state index contributed by atoms with van der Waals surface area (Å²) in [6.07, 6.45) is 0.903. The maximum atomic E-state index is 12.0. The topological polar surface area (TPSA) is 70.9 Å². The third kappa shape index (κ3) is 2.24. The number of fused-ring (bicyclic) bond motifs is 1. The van der Waals surface area contributed by atoms with Gasteiger partial charge in [0.15, 0.2) is 6.29 Å². The molecule has 0 radical (unpaired) electrons. The summed E-state index contributed by atoms with van der Waals surface area (Å²) in [6, 6.07) is 14.8. The summed E-state index contributed by atoms with van der Waals surface area (Å²) in [5.74, 6) is 0.202. The summed E-state index contributed by atoms with van der Waals surface area (Å²) in [4.78, 5) is 12.0. The van der Waals surface area contributed by atoms with E-state index in [-0.39, 0.29) is 5.75 Å². The standard InChI is InChI=1S/C20H17N3O2/c1-12-19(13(2)22-21-12)20-17(11-24)16-5-3-4-6-18(16)23(20)14-7-9-15(25)10-8-14/h3-11,25H,1-2H3,(H,21,22). The number of aromatic amines is 1. The average Bonchev–Trinajstić information content (AvgIpc) is 3.12. The Balaban J connectivity index is 2.18. The molecule has 2 aromatic carbocycles. The molecule has 25 heavy (non-hydrogen) atoms. The molecule has 0 aliphatic heterocycles.